The topological polar surface area (TPSA) is 90.0 Å². The van der Waals surface area contributed by atoms with Crippen LogP contribution < -0.4 is 4.74 Å². The zero-order chi connectivity index (χ0) is 24.3. The highest BCUT2D eigenvalue weighted by molar-refractivity contribution is 6.35. The van der Waals surface area contributed by atoms with Gasteiger partial charge in [-0.3, -0.25) is 24.1 Å². The third kappa shape index (κ3) is 2.88. The quantitative estimate of drug-likeness (QED) is 0.432. The van der Waals surface area contributed by atoms with Gasteiger partial charge in [0.05, 0.1) is 31.6 Å². The molecule has 3 aliphatic rings. The number of benzene rings is 3. The third-order valence-corrected chi connectivity index (χ3v) is 7.24. The summed E-state index contributed by atoms with van der Waals surface area (Å²) in [7, 11) is 1.56. The molecular weight excluding hydrogens is 446 g/mol. The molecule has 0 aromatic heterocycles. The first-order chi connectivity index (χ1) is 17.0. The molecule has 7 heteroatoms. The van der Waals surface area contributed by atoms with Gasteiger partial charge in [0.15, 0.2) is 0 Å². The number of hydrogen-bond donors (Lipinski definition) is 0. The van der Waals surface area contributed by atoms with Gasteiger partial charge in [-0.1, -0.05) is 66.7 Å². The van der Waals surface area contributed by atoms with Crippen LogP contribution in [0.5, 0.6) is 5.75 Å². The molecule has 0 unspecified atom stereocenters. The summed E-state index contributed by atoms with van der Waals surface area (Å²) in [6.07, 6.45) is -0.902. The number of ether oxygens (including phenoxy) is 2. The van der Waals surface area contributed by atoms with E-state index >= 15 is 0 Å². The smallest absolute Gasteiger partial charge is 0.237 e. The van der Waals surface area contributed by atoms with Crippen LogP contribution in [0.1, 0.15) is 37.9 Å². The molecule has 2 heterocycles. The fraction of sp³-hybridized carbons (Fsp3) is 0.214. The van der Waals surface area contributed by atoms with Crippen molar-refractivity contribution in [1.82, 2.24) is 4.90 Å². The molecule has 174 valence electrons. The highest BCUT2D eigenvalue weighted by Crippen LogP contribution is 2.57. The van der Waals surface area contributed by atoms with Crippen LogP contribution in [0.25, 0.3) is 0 Å². The first kappa shape index (κ1) is 21.4. The van der Waals surface area contributed by atoms with Gasteiger partial charge < -0.3 is 9.47 Å². The molecule has 0 N–H and O–H groups in total. The Bertz CT molecular complexity index is 1350. The molecule has 3 atom stereocenters. The minimum Gasteiger partial charge on any atom is -0.497 e. The van der Waals surface area contributed by atoms with Gasteiger partial charge in [0, 0.05) is 11.1 Å². The van der Waals surface area contributed by atoms with Gasteiger partial charge in [0.2, 0.25) is 29.0 Å². The van der Waals surface area contributed by atoms with Crippen molar-refractivity contribution in [3.05, 3.63) is 101 Å². The van der Waals surface area contributed by atoms with E-state index in [1.807, 2.05) is 6.07 Å². The second-order valence-electron chi connectivity index (χ2n) is 9.00. The van der Waals surface area contributed by atoms with Gasteiger partial charge >= 0.3 is 0 Å². The number of carbonyl (C=O) groups is 4. The maximum absolute atomic E-state index is 13.8. The summed E-state index contributed by atoms with van der Waals surface area (Å²) >= 11 is 0. The van der Waals surface area contributed by atoms with E-state index in [-0.39, 0.29) is 17.7 Å². The van der Waals surface area contributed by atoms with E-state index in [2.05, 4.69) is 0 Å². The summed E-state index contributed by atoms with van der Waals surface area (Å²) in [4.78, 5) is 56.1. The molecule has 1 aliphatic carbocycles. The minimum absolute atomic E-state index is 0.0293. The number of methoxy groups -OCH3 is 1. The number of rotatable bonds is 4. The number of imide groups is 1. The number of carbonyl (C=O) groups excluding carboxylic acids is 4. The Balaban J connectivity index is 1.45. The summed E-state index contributed by atoms with van der Waals surface area (Å²) in [6.45, 7) is 0.0293. The van der Waals surface area contributed by atoms with Crippen molar-refractivity contribution in [3.8, 4) is 5.75 Å². The Morgan fingerprint density at radius 1 is 0.800 bits per heavy atom. The normalized spacial score (nSPS) is 24.3. The Morgan fingerprint density at radius 2 is 1.40 bits per heavy atom. The Morgan fingerprint density at radius 3 is 2.00 bits per heavy atom. The number of likely N-dealkylation sites (tertiary alicyclic amines) is 1. The lowest BCUT2D eigenvalue weighted by molar-refractivity contribution is -0.145. The van der Waals surface area contributed by atoms with E-state index in [1.165, 1.54) is 0 Å². The maximum Gasteiger partial charge on any atom is 0.237 e. The highest BCUT2D eigenvalue weighted by atomic mass is 16.5. The van der Waals surface area contributed by atoms with Crippen LogP contribution in [0, 0.1) is 11.8 Å². The van der Waals surface area contributed by atoms with Crippen molar-refractivity contribution in [3.63, 3.8) is 0 Å². The van der Waals surface area contributed by atoms with Gasteiger partial charge in [0.25, 0.3) is 0 Å². The molecule has 3 aromatic carbocycles. The molecule has 35 heavy (non-hydrogen) atoms. The molecule has 1 spiro atoms. The molecule has 2 fully saturated rings. The number of hydrogen-bond acceptors (Lipinski definition) is 6. The molecule has 2 amide bonds. The molecular formula is C28H21NO6. The number of Topliss-reactive ketones (excluding diaryl/α,β-unsaturated/α-hetero) is 2. The van der Waals surface area contributed by atoms with Crippen LogP contribution in [-0.4, -0.2) is 41.0 Å². The van der Waals surface area contributed by atoms with Crippen LogP contribution >= 0.6 is 0 Å². The molecule has 3 aromatic rings. The van der Waals surface area contributed by atoms with E-state index in [9.17, 15) is 19.2 Å². The number of amides is 2. The van der Waals surface area contributed by atoms with E-state index in [1.54, 1.807) is 79.9 Å². The molecule has 0 radical (unpaired) electrons. The SMILES string of the molecule is COc1ccc(CN2C(=O)[C@@H]3[C@H](c4ccccc4)OC4(C(=O)c5ccccc5C4=O)[C@H]3C2=O)cc1. The van der Waals surface area contributed by atoms with Crippen molar-refractivity contribution in [2.45, 2.75) is 18.2 Å². The molecule has 0 saturated carbocycles. The van der Waals surface area contributed by atoms with Gasteiger partial charge in [0.1, 0.15) is 5.75 Å². The summed E-state index contributed by atoms with van der Waals surface area (Å²) in [5.41, 5.74) is -0.233. The van der Waals surface area contributed by atoms with Crippen molar-refractivity contribution >= 4 is 23.4 Å². The van der Waals surface area contributed by atoms with Crippen LogP contribution in [0.15, 0.2) is 78.9 Å². The van der Waals surface area contributed by atoms with Gasteiger partial charge in [-0.2, -0.15) is 0 Å². The number of fused-ring (bicyclic) bond motifs is 3. The van der Waals surface area contributed by atoms with Gasteiger partial charge in [-0.15, -0.1) is 0 Å². The average molecular weight is 467 g/mol. The molecule has 2 saturated heterocycles. The zero-order valence-corrected chi connectivity index (χ0v) is 18.8. The Hall–Kier alpha value is -4.10. The third-order valence-electron chi connectivity index (χ3n) is 7.24. The lowest BCUT2D eigenvalue weighted by atomic mass is 9.77. The van der Waals surface area contributed by atoms with E-state index in [4.69, 9.17) is 9.47 Å². The summed E-state index contributed by atoms with van der Waals surface area (Å²) in [5.74, 6) is -3.68. The van der Waals surface area contributed by atoms with Crippen LogP contribution in [0.4, 0.5) is 0 Å². The molecule has 0 bridgehead atoms. The van der Waals surface area contributed by atoms with E-state index in [0.29, 0.717) is 11.3 Å². The predicted octanol–water partition coefficient (Wildman–Crippen LogP) is 3.39. The van der Waals surface area contributed by atoms with E-state index < -0.39 is 46.9 Å². The lowest BCUT2D eigenvalue weighted by Crippen LogP contribution is -2.50. The average Bonchev–Trinajstić information content (AvgIpc) is 3.46. The largest absolute Gasteiger partial charge is 0.497 e. The fourth-order valence-corrected chi connectivity index (χ4v) is 5.59. The zero-order valence-electron chi connectivity index (χ0n) is 18.8. The summed E-state index contributed by atoms with van der Waals surface area (Å²) < 4.78 is 11.4. The first-order valence-corrected chi connectivity index (χ1v) is 11.4. The Labute approximate surface area is 201 Å². The Kier molecular flexibility index (Phi) is 4.72. The monoisotopic (exact) mass is 467 g/mol. The molecule has 2 aliphatic heterocycles. The van der Waals surface area contributed by atoms with Crippen LogP contribution in [-0.2, 0) is 20.9 Å². The van der Waals surface area contributed by atoms with Crippen LogP contribution in [0.2, 0.25) is 0 Å². The van der Waals surface area contributed by atoms with Gasteiger partial charge in [-0.05, 0) is 23.3 Å². The second-order valence-corrected chi connectivity index (χ2v) is 9.00. The fourth-order valence-electron chi connectivity index (χ4n) is 5.59. The van der Waals surface area contributed by atoms with Crippen molar-refractivity contribution in [1.29, 1.82) is 0 Å². The standard InChI is InChI=1S/C28H21NO6/c1-34-18-13-11-16(12-14-18)15-29-26(32)21-22(27(29)33)28(35-23(21)17-7-3-2-4-8-17)24(30)19-9-5-6-10-20(19)25(28)31/h2-14,21-23H,15H2,1H3/t21-,22+,23-/m0/s1. The second kappa shape index (κ2) is 7.71. The summed E-state index contributed by atoms with van der Waals surface area (Å²) in [6, 6.07) is 22.5. The van der Waals surface area contributed by atoms with Gasteiger partial charge in [-0.25, -0.2) is 0 Å². The van der Waals surface area contributed by atoms with Crippen molar-refractivity contribution in [2.75, 3.05) is 7.11 Å². The van der Waals surface area contributed by atoms with E-state index in [0.717, 1.165) is 10.5 Å². The first-order valence-electron chi connectivity index (χ1n) is 11.4. The molecule has 7 nitrogen and oxygen atoms in total. The minimum atomic E-state index is -2.05. The maximum atomic E-state index is 13.8. The predicted molar refractivity (Wildman–Crippen MR) is 124 cm³/mol. The molecule has 6 rings (SSSR count). The lowest BCUT2D eigenvalue weighted by Gasteiger charge is -2.27. The number of nitrogens with zero attached hydrogens (tertiary/aromatic N) is 1. The van der Waals surface area contributed by atoms with Crippen molar-refractivity contribution < 1.29 is 28.7 Å². The summed E-state index contributed by atoms with van der Waals surface area (Å²) in [5, 5.41) is 0. The highest BCUT2D eigenvalue weighted by Gasteiger charge is 2.74. The number of ketones is 2. The van der Waals surface area contributed by atoms with Crippen LogP contribution in [0.3, 0.4) is 0 Å². The van der Waals surface area contributed by atoms with Crippen molar-refractivity contribution in [2.24, 2.45) is 11.8 Å².